The number of hydrogen-bond donors (Lipinski definition) is 0. The first kappa shape index (κ1) is 15.0. The Morgan fingerprint density at radius 3 is 2.50 bits per heavy atom. The Hall–Kier alpha value is -1.42. The Bertz CT molecular complexity index is 436. The topological polar surface area (TPSA) is 36.4 Å². The van der Waals surface area contributed by atoms with Gasteiger partial charge < -0.3 is 4.90 Å². The summed E-state index contributed by atoms with van der Waals surface area (Å²) in [6.07, 6.45) is 6.95. The van der Waals surface area contributed by atoms with Gasteiger partial charge in [-0.3, -0.25) is 14.7 Å². The number of nitrogens with zero attached hydrogens (tertiary/aromatic N) is 3. The van der Waals surface area contributed by atoms with Gasteiger partial charge in [-0.05, 0) is 58.8 Å². The number of aromatic nitrogens is 1. The van der Waals surface area contributed by atoms with Gasteiger partial charge in [0.15, 0.2) is 0 Å². The summed E-state index contributed by atoms with van der Waals surface area (Å²) < 4.78 is 0. The van der Waals surface area contributed by atoms with Crippen LogP contribution in [0.4, 0.5) is 0 Å². The van der Waals surface area contributed by atoms with Crippen LogP contribution in [0.5, 0.6) is 0 Å². The van der Waals surface area contributed by atoms with E-state index in [0.29, 0.717) is 12.1 Å². The molecule has 2 heterocycles. The second-order valence-corrected chi connectivity index (χ2v) is 6.03. The molecule has 4 nitrogen and oxygen atoms in total. The number of piperidine rings is 1. The molecule has 1 aliphatic heterocycles. The third kappa shape index (κ3) is 3.01. The molecule has 0 radical (unpaired) electrons. The average Bonchev–Trinajstić information content (AvgIpc) is 2.39. The zero-order chi connectivity index (χ0) is 14.7. The van der Waals surface area contributed by atoms with Crippen molar-refractivity contribution in [2.45, 2.75) is 51.2 Å². The third-order valence-electron chi connectivity index (χ3n) is 4.20. The van der Waals surface area contributed by atoms with E-state index in [2.05, 4.69) is 23.7 Å². The van der Waals surface area contributed by atoms with Crippen molar-refractivity contribution in [1.29, 1.82) is 0 Å². The van der Waals surface area contributed by atoms with Gasteiger partial charge in [0.25, 0.3) is 0 Å². The van der Waals surface area contributed by atoms with Crippen molar-refractivity contribution in [3.05, 3.63) is 30.1 Å². The lowest BCUT2D eigenvalue weighted by molar-refractivity contribution is -0.142. The zero-order valence-corrected chi connectivity index (χ0v) is 12.9. The maximum atomic E-state index is 13.0. The standard InChI is InChI=1S/C16H25N3O/c1-12-7-5-8-13(2)19(12)16(20)15(18(3)4)14-9-6-10-17-11-14/h6,9-13,15H,5,7-8H2,1-4H3. The SMILES string of the molecule is CC1CCCC(C)N1C(=O)C(c1cccnc1)N(C)C. The predicted octanol–water partition coefficient (Wildman–Crippen LogP) is 2.47. The largest absolute Gasteiger partial charge is 0.336 e. The summed E-state index contributed by atoms with van der Waals surface area (Å²) in [6, 6.07) is 4.28. The molecule has 1 fully saturated rings. The van der Waals surface area contributed by atoms with Crippen molar-refractivity contribution >= 4 is 5.91 Å². The third-order valence-corrected chi connectivity index (χ3v) is 4.20. The lowest BCUT2D eigenvalue weighted by Gasteiger charge is -2.42. The molecule has 0 aliphatic carbocycles. The fourth-order valence-electron chi connectivity index (χ4n) is 3.20. The van der Waals surface area contributed by atoms with E-state index in [1.54, 1.807) is 12.4 Å². The molecule has 0 aromatic carbocycles. The number of likely N-dealkylation sites (tertiary alicyclic amines) is 1. The Morgan fingerprint density at radius 1 is 1.35 bits per heavy atom. The monoisotopic (exact) mass is 275 g/mol. The molecule has 1 aromatic rings. The van der Waals surface area contributed by atoms with Crippen molar-refractivity contribution in [3.8, 4) is 0 Å². The molecule has 1 aromatic heterocycles. The summed E-state index contributed by atoms with van der Waals surface area (Å²) in [6.45, 7) is 4.31. The van der Waals surface area contributed by atoms with Gasteiger partial charge in [-0.2, -0.15) is 0 Å². The molecule has 0 bridgehead atoms. The quantitative estimate of drug-likeness (QED) is 0.850. The minimum atomic E-state index is -0.244. The summed E-state index contributed by atoms with van der Waals surface area (Å²) in [5, 5.41) is 0. The first-order valence-electron chi connectivity index (χ1n) is 7.41. The van der Waals surface area contributed by atoms with E-state index in [9.17, 15) is 4.79 Å². The van der Waals surface area contributed by atoms with E-state index in [1.807, 2.05) is 31.1 Å². The summed E-state index contributed by atoms with van der Waals surface area (Å²) >= 11 is 0. The van der Waals surface area contributed by atoms with E-state index in [0.717, 1.165) is 18.4 Å². The van der Waals surface area contributed by atoms with Crippen molar-refractivity contribution in [1.82, 2.24) is 14.8 Å². The van der Waals surface area contributed by atoms with E-state index in [4.69, 9.17) is 0 Å². The molecule has 3 atom stereocenters. The molecule has 2 rings (SSSR count). The Balaban J connectivity index is 2.27. The van der Waals surface area contributed by atoms with Crippen molar-refractivity contribution in [2.75, 3.05) is 14.1 Å². The molecule has 1 saturated heterocycles. The molecule has 1 amide bonds. The van der Waals surface area contributed by atoms with Crippen LogP contribution in [-0.4, -0.2) is 46.9 Å². The molecule has 110 valence electrons. The summed E-state index contributed by atoms with van der Waals surface area (Å²) in [5.41, 5.74) is 0.965. The van der Waals surface area contributed by atoms with Crippen LogP contribution in [0.2, 0.25) is 0 Å². The molecule has 20 heavy (non-hydrogen) atoms. The second kappa shape index (κ2) is 6.35. The molecule has 1 aliphatic rings. The van der Waals surface area contributed by atoms with Crippen LogP contribution in [-0.2, 0) is 4.79 Å². The molecule has 0 saturated carbocycles. The first-order chi connectivity index (χ1) is 9.52. The number of pyridine rings is 1. The van der Waals surface area contributed by atoms with Crippen LogP contribution in [0.25, 0.3) is 0 Å². The van der Waals surface area contributed by atoms with Gasteiger partial charge in [0, 0.05) is 24.5 Å². The van der Waals surface area contributed by atoms with Crippen LogP contribution in [0.3, 0.4) is 0 Å². The molecule has 4 heteroatoms. The van der Waals surface area contributed by atoms with Crippen LogP contribution >= 0.6 is 0 Å². The maximum absolute atomic E-state index is 13.0. The number of carbonyl (C=O) groups excluding carboxylic acids is 1. The summed E-state index contributed by atoms with van der Waals surface area (Å²) in [7, 11) is 3.91. The van der Waals surface area contributed by atoms with Crippen LogP contribution in [0.15, 0.2) is 24.5 Å². The minimum Gasteiger partial charge on any atom is -0.336 e. The van der Waals surface area contributed by atoms with E-state index >= 15 is 0 Å². The highest BCUT2D eigenvalue weighted by molar-refractivity contribution is 5.83. The Labute approximate surface area is 121 Å². The van der Waals surface area contributed by atoms with E-state index < -0.39 is 0 Å². The number of carbonyl (C=O) groups is 1. The summed E-state index contributed by atoms with van der Waals surface area (Å²) in [5.74, 6) is 0.197. The van der Waals surface area contributed by atoms with E-state index in [-0.39, 0.29) is 11.9 Å². The smallest absolute Gasteiger partial charge is 0.245 e. The second-order valence-electron chi connectivity index (χ2n) is 6.03. The highest BCUT2D eigenvalue weighted by Crippen LogP contribution is 2.28. The lowest BCUT2D eigenvalue weighted by Crippen LogP contribution is -2.51. The number of amides is 1. The van der Waals surface area contributed by atoms with Crippen LogP contribution < -0.4 is 0 Å². The van der Waals surface area contributed by atoms with Gasteiger partial charge in [0.05, 0.1) is 0 Å². The van der Waals surface area contributed by atoms with Gasteiger partial charge in [-0.1, -0.05) is 6.07 Å². The van der Waals surface area contributed by atoms with Gasteiger partial charge in [-0.15, -0.1) is 0 Å². The van der Waals surface area contributed by atoms with Crippen LogP contribution in [0.1, 0.15) is 44.7 Å². The normalized spacial score (nSPS) is 24.8. The Morgan fingerprint density at radius 2 is 2.00 bits per heavy atom. The molecular formula is C16H25N3O. The predicted molar refractivity (Wildman–Crippen MR) is 80.3 cm³/mol. The van der Waals surface area contributed by atoms with Gasteiger partial charge in [-0.25, -0.2) is 0 Å². The minimum absolute atomic E-state index is 0.197. The van der Waals surface area contributed by atoms with Gasteiger partial charge in [0.2, 0.25) is 5.91 Å². The average molecular weight is 275 g/mol. The van der Waals surface area contributed by atoms with Gasteiger partial charge >= 0.3 is 0 Å². The first-order valence-corrected chi connectivity index (χ1v) is 7.41. The molecule has 0 N–H and O–H groups in total. The number of likely N-dealkylation sites (N-methyl/N-ethyl adjacent to an activating group) is 1. The fraction of sp³-hybridized carbons (Fsp3) is 0.625. The maximum Gasteiger partial charge on any atom is 0.245 e. The highest BCUT2D eigenvalue weighted by Gasteiger charge is 2.35. The van der Waals surface area contributed by atoms with Crippen molar-refractivity contribution in [2.24, 2.45) is 0 Å². The highest BCUT2D eigenvalue weighted by atomic mass is 16.2. The van der Waals surface area contributed by atoms with Crippen molar-refractivity contribution < 1.29 is 4.79 Å². The number of hydrogen-bond acceptors (Lipinski definition) is 3. The van der Waals surface area contributed by atoms with Gasteiger partial charge in [0.1, 0.15) is 6.04 Å². The molecule has 3 unspecified atom stereocenters. The molecule has 0 spiro atoms. The van der Waals surface area contributed by atoms with Crippen molar-refractivity contribution in [3.63, 3.8) is 0 Å². The van der Waals surface area contributed by atoms with E-state index in [1.165, 1.54) is 6.42 Å². The fourth-order valence-corrected chi connectivity index (χ4v) is 3.20. The molecular weight excluding hydrogens is 250 g/mol. The zero-order valence-electron chi connectivity index (χ0n) is 12.9. The van der Waals surface area contributed by atoms with Crippen LogP contribution in [0, 0.1) is 0 Å². The lowest BCUT2D eigenvalue weighted by atomic mass is 9.95. The number of rotatable bonds is 3. The Kier molecular flexibility index (Phi) is 4.76. The summed E-state index contributed by atoms with van der Waals surface area (Å²) in [4.78, 5) is 21.2.